The predicted molar refractivity (Wildman–Crippen MR) is 107 cm³/mol. The summed E-state index contributed by atoms with van der Waals surface area (Å²) >= 11 is 1.54. The number of hydrogen-bond acceptors (Lipinski definition) is 8. The highest BCUT2D eigenvalue weighted by atomic mass is 32.1. The lowest BCUT2D eigenvalue weighted by atomic mass is 10.1. The summed E-state index contributed by atoms with van der Waals surface area (Å²) in [5.74, 6) is 0.730. The summed E-state index contributed by atoms with van der Waals surface area (Å²) in [7, 11) is 3.42. The van der Waals surface area contributed by atoms with Crippen LogP contribution in [0.3, 0.4) is 0 Å². The quantitative estimate of drug-likeness (QED) is 0.567. The molecule has 4 rings (SSSR count). The van der Waals surface area contributed by atoms with Crippen LogP contribution in [0.1, 0.15) is 10.4 Å². The van der Waals surface area contributed by atoms with E-state index in [9.17, 15) is 4.79 Å². The Balaban J connectivity index is 1.67. The third-order valence-electron chi connectivity index (χ3n) is 4.03. The van der Waals surface area contributed by atoms with Crippen LogP contribution in [0.4, 0.5) is 5.82 Å². The number of carbonyl (C=O) groups is 1. The third kappa shape index (κ3) is 3.35. The molecule has 4 aromatic rings. The topological polar surface area (TPSA) is 111 Å². The van der Waals surface area contributed by atoms with Gasteiger partial charge in [-0.25, -0.2) is 9.97 Å². The van der Waals surface area contributed by atoms with E-state index in [0.29, 0.717) is 22.8 Å². The number of hydrogen-bond donors (Lipinski definition) is 1. The Morgan fingerprint density at radius 3 is 2.50 bits per heavy atom. The Morgan fingerprint density at radius 2 is 1.82 bits per heavy atom. The van der Waals surface area contributed by atoms with Crippen LogP contribution >= 0.6 is 11.3 Å². The average molecular weight is 392 g/mol. The van der Waals surface area contributed by atoms with Gasteiger partial charge in [-0.15, -0.1) is 10.2 Å². The molecule has 0 bridgehead atoms. The summed E-state index contributed by atoms with van der Waals surface area (Å²) in [5.41, 5.74) is 9.11. The molecule has 1 amide bonds. The summed E-state index contributed by atoms with van der Waals surface area (Å²) in [4.78, 5) is 22.3. The van der Waals surface area contributed by atoms with E-state index >= 15 is 0 Å². The largest absolute Gasteiger partial charge is 0.414 e. The molecular weight excluding hydrogens is 376 g/mol. The molecule has 0 aliphatic heterocycles. The third-order valence-corrected chi connectivity index (χ3v) is 4.71. The first-order chi connectivity index (χ1) is 13.5. The fourth-order valence-electron chi connectivity index (χ4n) is 2.56. The molecule has 3 heterocycles. The van der Waals surface area contributed by atoms with Crippen LogP contribution in [0.25, 0.3) is 34.3 Å². The van der Waals surface area contributed by atoms with Crippen LogP contribution in [0, 0.1) is 0 Å². The molecule has 140 valence electrons. The van der Waals surface area contributed by atoms with E-state index in [1.54, 1.807) is 32.4 Å². The average Bonchev–Trinajstić information content (AvgIpc) is 3.39. The number of thiophene rings is 1. The Kier molecular flexibility index (Phi) is 4.58. The molecule has 0 saturated carbocycles. The summed E-state index contributed by atoms with van der Waals surface area (Å²) in [6, 6.07) is 9.01. The second-order valence-corrected chi connectivity index (χ2v) is 6.97. The van der Waals surface area contributed by atoms with E-state index in [4.69, 9.17) is 10.2 Å². The molecule has 0 fully saturated rings. The van der Waals surface area contributed by atoms with Gasteiger partial charge in [-0.1, -0.05) is 12.1 Å². The molecule has 0 aliphatic rings. The zero-order valence-electron chi connectivity index (χ0n) is 15.2. The predicted octanol–water partition coefficient (Wildman–Crippen LogP) is 3.21. The molecule has 0 aliphatic carbocycles. The van der Waals surface area contributed by atoms with E-state index in [2.05, 4.69) is 20.2 Å². The Labute approximate surface area is 164 Å². The minimum absolute atomic E-state index is 0.0672. The summed E-state index contributed by atoms with van der Waals surface area (Å²) in [6.07, 6.45) is 1.57. The highest BCUT2D eigenvalue weighted by Crippen LogP contribution is 2.28. The normalized spacial score (nSPS) is 10.8. The van der Waals surface area contributed by atoms with Gasteiger partial charge in [0.25, 0.3) is 11.8 Å². The summed E-state index contributed by atoms with van der Waals surface area (Å²) in [6.45, 7) is 0. The van der Waals surface area contributed by atoms with E-state index in [0.717, 1.165) is 11.1 Å². The molecule has 1 aromatic carbocycles. The van der Waals surface area contributed by atoms with Crippen LogP contribution in [-0.2, 0) is 0 Å². The number of anilines is 1. The second-order valence-electron chi connectivity index (χ2n) is 6.19. The van der Waals surface area contributed by atoms with Gasteiger partial charge in [0.05, 0.1) is 11.9 Å². The van der Waals surface area contributed by atoms with Crippen molar-refractivity contribution in [3.8, 4) is 34.3 Å². The van der Waals surface area contributed by atoms with Crippen molar-refractivity contribution >= 4 is 23.1 Å². The number of rotatable bonds is 4. The minimum atomic E-state index is -0.0672. The summed E-state index contributed by atoms with van der Waals surface area (Å²) < 4.78 is 5.71. The number of nitrogens with zero attached hydrogens (tertiary/aromatic N) is 5. The number of benzene rings is 1. The monoisotopic (exact) mass is 392 g/mol. The maximum Gasteiger partial charge on any atom is 0.270 e. The lowest BCUT2D eigenvalue weighted by Crippen LogP contribution is -2.21. The van der Waals surface area contributed by atoms with Gasteiger partial charge in [-0.2, -0.15) is 11.3 Å². The van der Waals surface area contributed by atoms with Gasteiger partial charge in [0.15, 0.2) is 11.5 Å². The fraction of sp³-hybridized carbons (Fsp3) is 0.105. The Hall–Kier alpha value is -3.59. The lowest BCUT2D eigenvalue weighted by Gasteiger charge is -2.10. The number of amides is 1. The van der Waals surface area contributed by atoms with Gasteiger partial charge in [0, 0.05) is 36.2 Å². The van der Waals surface area contributed by atoms with Crippen molar-refractivity contribution < 1.29 is 9.21 Å². The van der Waals surface area contributed by atoms with Crippen molar-refractivity contribution in [2.45, 2.75) is 0 Å². The van der Waals surface area contributed by atoms with E-state index in [-0.39, 0.29) is 17.6 Å². The van der Waals surface area contributed by atoms with Gasteiger partial charge in [0.2, 0.25) is 5.89 Å². The number of carbonyl (C=O) groups excluding carboxylic acids is 1. The lowest BCUT2D eigenvalue weighted by molar-refractivity contribution is 0.0827. The molecule has 9 heteroatoms. The SMILES string of the molecule is CN(C)C(=O)c1ccc(-c2cnc(N)c(-c3nnc(-c4ccsc4)o3)n2)cc1. The van der Waals surface area contributed by atoms with E-state index in [1.165, 1.54) is 16.2 Å². The molecule has 0 unspecified atom stereocenters. The van der Waals surface area contributed by atoms with Crippen LogP contribution in [-0.4, -0.2) is 45.1 Å². The van der Waals surface area contributed by atoms with Crippen LogP contribution in [0.2, 0.25) is 0 Å². The first-order valence-electron chi connectivity index (χ1n) is 8.34. The highest BCUT2D eigenvalue weighted by Gasteiger charge is 2.17. The highest BCUT2D eigenvalue weighted by molar-refractivity contribution is 7.08. The van der Waals surface area contributed by atoms with Crippen molar-refractivity contribution in [3.05, 3.63) is 52.9 Å². The van der Waals surface area contributed by atoms with Crippen molar-refractivity contribution in [3.63, 3.8) is 0 Å². The maximum atomic E-state index is 12.0. The standard InChI is InChI=1S/C19H16N6O2S/c1-25(2)19(26)12-5-3-11(4-6-12)14-9-21-16(20)15(22-14)18-24-23-17(27-18)13-7-8-28-10-13/h3-10H,1-2H3,(H2,20,21). The molecule has 0 atom stereocenters. The van der Waals surface area contributed by atoms with Crippen LogP contribution in [0.5, 0.6) is 0 Å². The first-order valence-corrected chi connectivity index (χ1v) is 9.28. The Bertz CT molecular complexity index is 1120. The summed E-state index contributed by atoms with van der Waals surface area (Å²) in [5, 5.41) is 11.9. The molecule has 0 radical (unpaired) electrons. The molecule has 2 N–H and O–H groups in total. The number of nitrogens with two attached hydrogens (primary N) is 1. The van der Waals surface area contributed by atoms with Crippen molar-refractivity contribution in [1.82, 2.24) is 25.1 Å². The number of nitrogen functional groups attached to an aromatic ring is 1. The van der Waals surface area contributed by atoms with Crippen molar-refractivity contribution in [2.75, 3.05) is 19.8 Å². The molecular formula is C19H16N6O2S. The van der Waals surface area contributed by atoms with Gasteiger partial charge in [-0.3, -0.25) is 4.79 Å². The van der Waals surface area contributed by atoms with Gasteiger partial charge in [-0.05, 0) is 23.6 Å². The number of aromatic nitrogens is 4. The molecule has 8 nitrogen and oxygen atoms in total. The maximum absolute atomic E-state index is 12.0. The van der Waals surface area contributed by atoms with Crippen molar-refractivity contribution in [1.29, 1.82) is 0 Å². The Morgan fingerprint density at radius 1 is 1.07 bits per heavy atom. The van der Waals surface area contributed by atoms with E-state index in [1.807, 2.05) is 29.0 Å². The first kappa shape index (κ1) is 17.8. The molecule has 3 aromatic heterocycles. The van der Waals surface area contributed by atoms with Crippen LogP contribution in [0.15, 0.2) is 51.7 Å². The smallest absolute Gasteiger partial charge is 0.270 e. The molecule has 28 heavy (non-hydrogen) atoms. The second kappa shape index (κ2) is 7.20. The minimum Gasteiger partial charge on any atom is -0.414 e. The zero-order chi connectivity index (χ0) is 19.7. The van der Waals surface area contributed by atoms with Crippen LogP contribution < -0.4 is 5.73 Å². The van der Waals surface area contributed by atoms with E-state index < -0.39 is 0 Å². The fourth-order valence-corrected chi connectivity index (χ4v) is 3.19. The molecule has 0 spiro atoms. The van der Waals surface area contributed by atoms with Gasteiger partial charge < -0.3 is 15.1 Å². The zero-order valence-corrected chi connectivity index (χ0v) is 16.0. The van der Waals surface area contributed by atoms with Crippen molar-refractivity contribution in [2.24, 2.45) is 0 Å². The van der Waals surface area contributed by atoms with Gasteiger partial charge in [0.1, 0.15) is 0 Å². The molecule has 0 saturated heterocycles. The van der Waals surface area contributed by atoms with Gasteiger partial charge >= 0.3 is 0 Å².